The summed E-state index contributed by atoms with van der Waals surface area (Å²) in [5.41, 5.74) is 3.40. The van der Waals surface area contributed by atoms with Gasteiger partial charge in [-0.1, -0.05) is 54.6 Å². The summed E-state index contributed by atoms with van der Waals surface area (Å²) in [7, 11) is 0. The lowest BCUT2D eigenvalue weighted by Gasteiger charge is -2.10. The highest BCUT2D eigenvalue weighted by Crippen LogP contribution is 2.40. The maximum Gasteiger partial charge on any atom is 0.308 e. The van der Waals surface area contributed by atoms with Crippen molar-refractivity contribution >= 4 is 11.7 Å². The highest BCUT2D eigenvalue weighted by molar-refractivity contribution is 5.80. The number of esters is 1. The number of allylic oxidation sites excluding steroid dienone is 1. The van der Waals surface area contributed by atoms with Gasteiger partial charge in [-0.25, -0.2) is 0 Å². The number of carbonyl (C=O) groups excluding carboxylic acids is 1. The number of hydrogen-bond donors (Lipinski definition) is 0. The quantitative estimate of drug-likeness (QED) is 0.759. The summed E-state index contributed by atoms with van der Waals surface area (Å²) < 4.78 is 5.31. The first-order valence-corrected chi connectivity index (χ1v) is 6.30. The molecule has 94 valence electrons. The van der Waals surface area contributed by atoms with Gasteiger partial charge in [-0.15, -0.1) is 0 Å². The van der Waals surface area contributed by atoms with Gasteiger partial charge in [0.2, 0.25) is 0 Å². The number of fused-ring (bicyclic) bond motifs is 1. The molecule has 2 heteroatoms. The van der Waals surface area contributed by atoms with Gasteiger partial charge in [-0.2, -0.15) is 0 Å². The molecule has 0 radical (unpaired) electrons. The molecule has 2 nitrogen and oxygen atoms in total. The van der Waals surface area contributed by atoms with E-state index in [2.05, 4.69) is 18.2 Å². The molecule has 0 fully saturated rings. The third kappa shape index (κ3) is 2.17. The van der Waals surface area contributed by atoms with Crippen molar-refractivity contribution in [2.24, 2.45) is 0 Å². The lowest BCUT2D eigenvalue weighted by Crippen LogP contribution is -1.96. The molecule has 0 saturated heterocycles. The minimum absolute atomic E-state index is 0.159. The smallest absolute Gasteiger partial charge is 0.308 e. The Bertz CT molecular complexity index is 641. The van der Waals surface area contributed by atoms with Crippen LogP contribution in [0.2, 0.25) is 0 Å². The molecule has 0 aromatic heterocycles. The van der Waals surface area contributed by atoms with Crippen molar-refractivity contribution in [3.63, 3.8) is 0 Å². The molecule has 0 saturated carbocycles. The van der Waals surface area contributed by atoms with Crippen LogP contribution in [-0.2, 0) is 9.53 Å². The maximum absolute atomic E-state index is 11.2. The van der Waals surface area contributed by atoms with Crippen LogP contribution in [0.25, 0.3) is 5.76 Å². The Labute approximate surface area is 112 Å². The predicted molar refractivity (Wildman–Crippen MR) is 74.5 cm³/mol. The van der Waals surface area contributed by atoms with Crippen LogP contribution in [0.15, 0.2) is 60.7 Å². The molecule has 2 aromatic rings. The van der Waals surface area contributed by atoms with Gasteiger partial charge in [-0.05, 0) is 17.2 Å². The fourth-order valence-electron chi connectivity index (χ4n) is 2.50. The highest BCUT2D eigenvalue weighted by atomic mass is 16.5. The fraction of sp³-hybridized carbons (Fsp3) is 0.118. The largest absolute Gasteiger partial charge is 0.426 e. The van der Waals surface area contributed by atoms with Gasteiger partial charge in [0.15, 0.2) is 0 Å². The Morgan fingerprint density at radius 1 is 1.00 bits per heavy atom. The van der Waals surface area contributed by atoms with Crippen LogP contribution in [0.3, 0.4) is 0 Å². The molecular formula is C17H14O2. The van der Waals surface area contributed by atoms with E-state index in [0.29, 0.717) is 5.76 Å². The van der Waals surface area contributed by atoms with Crippen LogP contribution >= 0.6 is 0 Å². The van der Waals surface area contributed by atoms with Crippen LogP contribution in [-0.4, -0.2) is 5.97 Å². The van der Waals surface area contributed by atoms with Crippen LogP contribution < -0.4 is 0 Å². The lowest BCUT2D eigenvalue weighted by molar-refractivity contribution is -0.134. The summed E-state index contributed by atoms with van der Waals surface area (Å²) in [6.45, 7) is 1.43. The minimum Gasteiger partial charge on any atom is -0.426 e. The van der Waals surface area contributed by atoms with Crippen molar-refractivity contribution in [2.75, 3.05) is 0 Å². The normalized spacial score (nSPS) is 16.7. The minimum atomic E-state index is -0.283. The molecule has 1 aliphatic rings. The van der Waals surface area contributed by atoms with E-state index in [1.807, 2.05) is 42.5 Å². The van der Waals surface area contributed by atoms with Gasteiger partial charge >= 0.3 is 5.97 Å². The van der Waals surface area contributed by atoms with Crippen LogP contribution in [0.1, 0.15) is 29.5 Å². The third-order valence-electron chi connectivity index (χ3n) is 3.29. The number of benzene rings is 2. The SMILES string of the molecule is CC(=O)OC1=C[C@H](c2ccccc2)c2ccccc21. The van der Waals surface area contributed by atoms with Crippen molar-refractivity contribution in [1.29, 1.82) is 0 Å². The second-order valence-electron chi connectivity index (χ2n) is 4.60. The zero-order chi connectivity index (χ0) is 13.2. The lowest BCUT2D eigenvalue weighted by atomic mass is 9.93. The van der Waals surface area contributed by atoms with Crippen LogP contribution in [0, 0.1) is 0 Å². The molecule has 1 aliphatic carbocycles. The van der Waals surface area contributed by atoms with Gasteiger partial charge in [0.1, 0.15) is 5.76 Å². The highest BCUT2D eigenvalue weighted by Gasteiger charge is 2.25. The van der Waals surface area contributed by atoms with Crippen molar-refractivity contribution < 1.29 is 9.53 Å². The molecule has 0 aliphatic heterocycles. The van der Waals surface area contributed by atoms with E-state index < -0.39 is 0 Å². The molecule has 0 bridgehead atoms. The summed E-state index contributed by atoms with van der Waals surface area (Å²) in [6, 6.07) is 18.3. The number of rotatable bonds is 2. The van der Waals surface area contributed by atoms with E-state index in [-0.39, 0.29) is 11.9 Å². The van der Waals surface area contributed by atoms with Crippen molar-refractivity contribution in [1.82, 2.24) is 0 Å². The molecular weight excluding hydrogens is 236 g/mol. The van der Waals surface area contributed by atoms with Gasteiger partial charge in [0, 0.05) is 18.4 Å². The molecule has 2 aromatic carbocycles. The molecule has 0 N–H and O–H groups in total. The standard InChI is InChI=1S/C17H14O2/c1-12(18)19-17-11-16(13-7-3-2-4-8-13)14-9-5-6-10-15(14)17/h2-11,16H,1H3/t16-/m1/s1. The van der Waals surface area contributed by atoms with Gasteiger partial charge in [0.05, 0.1) is 0 Å². The van der Waals surface area contributed by atoms with E-state index in [9.17, 15) is 4.79 Å². The molecule has 19 heavy (non-hydrogen) atoms. The topological polar surface area (TPSA) is 26.3 Å². The Morgan fingerprint density at radius 3 is 2.42 bits per heavy atom. The molecule has 0 heterocycles. The van der Waals surface area contributed by atoms with Crippen molar-refractivity contribution in [2.45, 2.75) is 12.8 Å². The Morgan fingerprint density at radius 2 is 1.68 bits per heavy atom. The summed E-state index contributed by atoms with van der Waals surface area (Å²) in [4.78, 5) is 11.2. The van der Waals surface area contributed by atoms with Gasteiger partial charge in [0.25, 0.3) is 0 Å². The molecule has 3 rings (SSSR count). The summed E-state index contributed by atoms with van der Waals surface area (Å²) in [5, 5.41) is 0. The third-order valence-corrected chi connectivity index (χ3v) is 3.29. The fourth-order valence-corrected chi connectivity index (χ4v) is 2.50. The Balaban J connectivity index is 2.07. The average Bonchev–Trinajstić information content (AvgIpc) is 2.78. The Hall–Kier alpha value is -2.35. The van der Waals surface area contributed by atoms with E-state index in [1.165, 1.54) is 18.1 Å². The van der Waals surface area contributed by atoms with Crippen LogP contribution in [0.5, 0.6) is 0 Å². The van der Waals surface area contributed by atoms with Gasteiger partial charge in [-0.3, -0.25) is 4.79 Å². The first-order valence-electron chi connectivity index (χ1n) is 6.30. The second kappa shape index (κ2) is 4.73. The van der Waals surface area contributed by atoms with Crippen molar-refractivity contribution in [3.05, 3.63) is 77.4 Å². The molecule has 0 amide bonds. The van der Waals surface area contributed by atoms with E-state index in [1.54, 1.807) is 0 Å². The zero-order valence-corrected chi connectivity index (χ0v) is 10.7. The molecule has 0 unspecified atom stereocenters. The van der Waals surface area contributed by atoms with Gasteiger partial charge < -0.3 is 4.74 Å². The van der Waals surface area contributed by atoms with Crippen molar-refractivity contribution in [3.8, 4) is 0 Å². The predicted octanol–water partition coefficient (Wildman–Crippen LogP) is 3.74. The number of hydrogen-bond acceptors (Lipinski definition) is 2. The average molecular weight is 250 g/mol. The number of carbonyl (C=O) groups is 1. The van der Waals surface area contributed by atoms with E-state index in [0.717, 1.165) is 5.56 Å². The summed E-state index contributed by atoms with van der Waals surface area (Å²) in [5.74, 6) is 0.540. The van der Waals surface area contributed by atoms with Crippen LogP contribution in [0.4, 0.5) is 0 Å². The zero-order valence-electron chi connectivity index (χ0n) is 10.7. The first kappa shape index (κ1) is 11.7. The van der Waals surface area contributed by atoms with E-state index in [4.69, 9.17) is 4.74 Å². The molecule has 0 spiro atoms. The Kier molecular flexibility index (Phi) is 2.92. The molecule has 1 atom stereocenters. The maximum atomic E-state index is 11.2. The first-order chi connectivity index (χ1) is 9.25. The summed E-state index contributed by atoms with van der Waals surface area (Å²) >= 11 is 0. The summed E-state index contributed by atoms with van der Waals surface area (Å²) in [6.07, 6.45) is 2.02. The monoisotopic (exact) mass is 250 g/mol. The second-order valence-corrected chi connectivity index (χ2v) is 4.60. The van der Waals surface area contributed by atoms with E-state index >= 15 is 0 Å². The number of ether oxygens (including phenoxy) is 1.